The summed E-state index contributed by atoms with van der Waals surface area (Å²) in [4.78, 5) is 14.1. The number of hydrogen-bond acceptors (Lipinski definition) is 1. The van der Waals surface area contributed by atoms with Gasteiger partial charge < -0.3 is 4.90 Å². The summed E-state index contributed by atoms with van der Waals surface area (Å²) in [7, 11) is 0. The quantitative estimate of drug-likeness (QED) is 0.716. The van der Waals surface area contributed by atoms with Crippen LogP contribution >= 0.6 is 23.2 Å². The molecule has 0 aliphatic carbocycles. The molecule has 1 heterocycles. The smallest absolute Gasteiger partial charge is 0.254 e. The van der Waals surface area contributed by atoms with Crippen molar-refractivity contribution in [3.05, 3.63) is 34.3 Å². The van der Waals surface area contributed by atoms with E-state index >= 15 is 0 Å². The molecule has 0 atom stereocenters. The van der Waals surface area contributed by atoms with Gasteiger partial charge in [-0.05, 0) is 43.5 Å². The Labute approximate surface area is 112 Å². The Bertz CT molecular complexity index is 425. The van der Waals surface area contributed by atoms with Crippen molar-refractivity contribution in [2.75, 3.05) is 13.1 Å². The number of carbonyl (C=O) groups excluding carboxylic acids is 1. The van der Waals surface area contributed by atoms with E-state index in [1.54, 1.807) is 12.1 Å². The van der Waals surface area contributed by atoms with Crippen LogP contribution in [0.15, 0.2) is 18.2 Å². The number of hydrogen-bond donors (Lipinski definition) is 0. The molecule has 0 aromatic heterocycles. The molecule has 17 heavy (non-hydrogen) atoms. The fourth-order valence-electron chi connectivity index (χ4n) is 2.09. The summed E-state index contributed by atoms with van der Waals surface area (Å²) in [5.41, 5.74) is 1.66. The third-order valence-corrected chi connectivity index (χ3v) is 3.80. The Hall–Kier alpha value is -0.730. The van der Waals surface area contributed by atoms with Crippen LogP contribution in [0, 0.1) is 6.92 Å². The standard InChI is InChI=1S/C13H15Cl2NO/c1-9-8-11(15)2-3-12(9)13(17)16-6-4-10(14)5-7-16/h2-3,8,10H,4-7H2,1H3. The molecule has 1 fully saturated rings. The van der Waals surface area contributed by atoms with Crippen molar-refractivity contribution in [3.63, 3.8) is 0 Å². The second-order valence-electron chi connectivity index (χ2n) is 4.43. The van der Waals surface area contributed by atoms with Gasteiger partial charge in [0.25, 0.3) is 5.91 Å². The molecule has 0 unspecified atom stereocenters. The number of amides is 1. The van der Waals surface area contributed by atoms with Gasteiger partial charge in [0.2, 0.25) is 0 Å². The van der Waals surface area contributed by atoms with Gasteiger partial charge in [0.15, 0.2) is 0 Å². The molecule has 0 radical (unpaired) electrons. The molecule has 1 aromatic carbocycles. The largest absolute Gasteiger partial charge is 0.339 e. The van der Waals surface area contributed by atoms with Gasteiger partial charge in [-0.2, -0.15) is 0 Å². The lowest BCUT2D eigenvalue weighted by Crippen LogP contribution is -2.39. The average molecular weight is 272 g/mol. The van der Waals surface area contributed by atoms with E-state index in [9.17, 15) is 4.79 Å². The number of likely N-dealkylation sites (tertiary alicyclic amines) is 1. The lowest BCUT2D eigenvalue weighted by molar-refractivity contribution is 0.0726. The summed E-state index contributed by atoms with van der Waals surface area (Å²) in [6.45, 7) is 3.40. The van der Waals surface area contributed by atoms with Gasteiger partial charge in [-0.25, -0.2) is 0 Å². The number of alkyl halides is 1. The molecular formula is C13H15Cl2NO. The Kier molecular flexibility index (Phi) is 3.95. The van der Waals surface area contributed by atoms with E-state index in [1.165, 1.54) is 0 Å². The average Bonchev–Trinajstić information content (AvgIpc) is 2.29. The minimum Gasteiger partial charge on any atom is -0.339 e. The maximum absolute atomic E-state index is 12.3. The van der Waals surface area contributed by atoms with Gasteiger partial charge in [-0.3, -0.25) is 4.79 Å². The molecule has 0 spiro atoms. The van der Waals surface area contributed by atoms with Gasteiger partial charge >= 0.3 is 0 Å². The number of aryl methyl sites for hydroxylation is 1. The predicted octanol–water partition coefficient (Wildman–Crippen LogP) is 3.49. The SMILES string of the molecule is Cc1cc(Cl)ccc1C(=O)N1CCC(Cl)CC1. The van der Waals surface area contributed by atoms with E-state index in [-0.39, 0.29) is 11.3 Å². The van der Waals surface area contributed by atoms with Crippen molar-refractivity contribution in [2.24, 2.45) is 0 Å². The molecule has 92 valence electrons. The summed E-state index contributed by atoms with van der Waals surface area (Å²) < 4.78 is 0. The molecule has 2 nitrogen and oxygen atoms in total. The van der Waals surface area contributed by atoms with E-state index in [2.05, 4.69) is 0 Å². The van der Waals surface area contributed by atoms with Crippen LogP contribution < -0.4 is 0 Å². The maximum atomic E-state index is 12.3. The topological polar surface area (TPSA) is 20.3 Å². The minimum absolute atomic E-state index is 0.0859. The third-order valence-electron chi connectivity index (χ3n) is 3.13. The van der Waals surface area contributed by atoms with Crippen LogP contribution in [0.2, 0.25) is 5.02 Å². The Morgan fingerprint density at radius 2 is 2.00 bits per heavy atom. The molecule has 0 N–H and O–H groups in total. The van der Waals surface area contributed by atoms with Gasteiger partial charge in [-0.15, -0.1) is 11.6 Å². The van der Waals surface area contributed by atoms with Crippen LogP contribution in [-0.2, 0) is 0 Å². The van der Waals surface area contributed by atoms with E-state index in [0.29, 0.717) is 5.02 Å². The van der Waals surface area contributed by atoms with E-state index in [1.807, 2.05) is 17.9 Å². The monoisotopic (exact) mass is 271 g/mol. The second-order valence-corrected chi connectivity index (χ2v) is 5.48. The molecule has 2 rings (SSSR count). The lowest BCUT2D eigenvalue weighted by Gasteiger charge is -2.29. The highest BCUT2D eigenvalue weighted by Crippen LogP contribution is 2.21. The highest BCUT2D eigenvalue weighted by Gasteiger charge is 2.23. The molecule has 1 saturated heterocycles. The van der Waals surface area contributed by atoms with Crippen LogP contribution in [-0.4, -0.2) is 29.3 Å². The fraction of sp³-hybridized carbons (Fsp3) is 0.462. The van der Waals surface area contributed by atoms with Crippen LogP contribution in [0.25, 0.3) is 0 Å². The Balaban J connectivity index is 2.14. The molecule has 4 heteroatoms. The summed E-state index contributed by atoms with van der Waals surface area (Å²) in [5, 5.41) is 0.879. The van der Waals surface area contributed by atoms with Gasteiger partial charge in [0.1, 0.15) is 0 Å². The molecule has 1 aromatic rings. The van der Waals surface area contributed by atoms with Crippen LogP contribution in [0.1, 0.15) is 28.8 Å². The zero-order chi connectivity index (χ0) is 12.4. The summed E-state index contributed by atoms with van der Waals surface area (Å²) >= 11 is 11.9. The first-order valence-electron chi connectivity index (χ1n) is 5.77. The van der Waals surface area contributed by atoms with Crippen molar-refractivity contribution >= 4 is 29.1 Å². The van der Waals surface area contributed by atoms with Gasteiger partial charge in [0.05, 0.1) is 0 Å². The number of benzene rings is 1. The number of piperidine rings is 1. The molecule has 1 aliphatic heterocycles. The van der Waals surface area contributed by atoms with Crippen molar-refractivity contribution in [1.29, 1.82) is 0 Å². The fourth-order valence-corrected chi connectivity index (χ4v) is 2.51. The van der Waals surface area contributed by atoms with Crippen LogP contribution in [0.3, 0.4) is 0 Å². The molecule has 1 amide bonds. The van der Waals surface area contributed by atoms with Gasteiger partial charge in [0, 0.05) is 29.1 Å². The van der Waals surface area contributed by atoms with Crippen molar-refractivity contribution in [3.8, 4) is 0 Å². The van der Waals surface area contributed by atoms with E-state index in [0.717, 1.165) is 37.1 Å². The first kappa shape index (κ1) is 12.7. The summed E-state index contributed by atoms with van der Waals surface area (Å²) in [5.74, 6) is 0.0859. The second kappa shape index (κ2) is 5.28. The lowest BCUT2D eigenvalue weighted by atomic mass is 10.1. The number of nitrogens with zero attached hydrogens (tertiary/aromatic N) is 1. The zero-order valence-corrected chi connectivity index (χ0v) is 11.3. The first-order chi connectivity index (χ1) is 8.08. The predicted molar refractivity (Wildman–Crippen MR) is 71.0 cm³/mol. The van der Waals surface area contributed by atoms with Crippen LogP contribution in [0.4, 0.5) is 0 Å². The molecule has 1 aliphatic rings. The summed E-state index contributed by atoms with van der Waals surface area (Å²) in [6.07, 6.45) is 1.75. The maximum Gasteiger partial charge on any atom is 0.254 e. The highest BCUT2D eigenvalue weighted by molar-refractivity contribution is 6.30. The molecular weight excluding hydrogens is 257 g/mol. The van der Waals surface area contributed by atoms with Crippen molar-refractivity contribution < 1.29 is 4.79 Å². The van der Waals surface area contributed by atoms with Crippen molar-refractivity contribution in [2.45, 2.75) is 25.1 Å². The number of rotatable bonds is 1. The van der Waals surface area contributed by atoms with Gasteiger partial charge in [-0.1, -0.05) is 11.6 Å². The van der Waals surface area contributed by atoms with Crippen LogP contribution in [0.5, 0.6) is 0 Å². The highest BCUT2D eigenvalue weighted by atomic mass is 35.5. The Morgan fingerprint density at radius 1 is 1.35 bits per heavy atom. The minimum atomic E-state index is 0.0859. The Morgan fingerprint density at radius 3 is 2.59 bits per heavy atom. The zero-order valence-electron chi connectivity index (χ0n) is 9.75. The normalized spacial score (nSPS) is 17.2. The van der Waals surface area contributed by atoms with E-state index in [4.69, 9.17) is 23.2 Å². The van der Waals surface area contributed by atoms with Crippen molar-refractivity contribution in [1.82, 2.24) is 4.90 Å². The summed E-state index contributed by atoms with van der Waals surface area (Å²) in [6, 6.07) is 5.38. The molecule has 0 saturated carbocycles. The third kappa shape index (κ3) is 2.93. The number of halogens is 2. The number of carbonyl (C=O) groups is 1. The first-order valence-corrected chi connectivity index (χ1v) is 6.59. The van der Waals surface area contributed by atoms with E-state index < -0.39 is 0 Å². The molecule has 0 bridgehead atoms.